The van der Waals surface area contributed by atoms with Gasteiger partial charge < -0.3 is 20.3 Å². The van der Waals surface area contributed by atoms with Crippen molar-refractivity contribution in [3.05, 3.63) is 54.6 Å². The molecular formula is C19H18N4O4S. The van der Waals surface area contributed by atoms with Crippen molar-refractivity contribution < 1.29 is 23.9 Å². The van der Waals surface area contributed by atoms with Gasteiger partial charge in [0.25, 0.3) is 5.03 Å². The van der Waals surface area contributed by atoms with Gasteiger partial charge in [-0.05, 0) is 47.6 Å². The van der Waals surface area contributed by atoms with Gasteiger partial charge in [0.2, 0.25) is 17.5 Å². The van der Waals surface area contributed by atoms with Crippen LogP contribution in [0.5, 0.6) is 5.95 Å². The number of aromatic nitrogens is 2. The van der Waals surface area contributed by atoms with Crippen LogP contribution in [-0.4, -0.2) is 22.3 Å². The number of benzene rings is 2. The molecule has 9 heteroatoms. The molecular weight excluding hydrogens is 380 g/mol. The molecule has 1 aromatic heterocycles. The van der Waals surface area contributed by atoms with Crippen LogP contribution >= 0.6 is 11.8 Å². The minimum absolute atomic E-state index is 0.171. The lowest BCUT2D eigenvalue weighted by atomic mass is 10.2. The van der Waals surface area contributed by atoms with Crippen LogP contribution in [0.2, 0.25) is 0 Å². The van der Waals surface area contributed by atoms with Gasteiger partial charge in [0.05, 0.1) is 10.5 Å². The molecule has 1 unspecified atom stereocenters. The van der Waals surface area contributed by atoms with Crippen LogP contribution in [0.3, 0.4) is 0 Å². The number of thioether (sulfide) groups is 1. The normalized spacial score (nSPS) is 11.6. The molecule has 2 amide bonds. The van der Waals surface area contributed by atoms with E-state index in [2.05, 4.69) is 15.9 Å². The van der Waals surface area contributed by atoms with E-state index in [9.17, 15) is 14.7 Å². The average Bonchev–Trinajstić information content (AvgIpc) is 3.04. The first kappa shape index (κ1) is 19.4. The molecule has 0 saturated carbocycles. The van der Waals surface area contributed by atoms with Gasteiger partial charge in [-0.3, -0.25) is 9.59 Å². The van der Waals surface area contributed by atoms with Crippen LogP contribution < -0.4 is 20.4 Å². The molecule has 2 N–H and O–H groups in total. The number of carbonyl (C=O) groups is 2. The fourth-order valence-electron chi connectivity index (χ4n) is 2.38. The lowest BCUT2D eigenvalue weighted by Gasteiger charge is -2.11. The Balaban J connectivity index is 1.68. The number of hydrogen-bond donors (Lipinski definition) is 2. The molecule has 8 nitrogen and oxygen atoms in total. The van der Waals surface area contributed by atoms with Crippen molar-refractivity contribution in [3.63, 3.8) is 0 Å². The first-order valence-corrected chi connectivity index (χ1v) is 9.31. The third-order valence-corrected chi connectivity index (χ3v) is 4.83. The second-order valence-corrected chi connectivity index (χ2v) is 7.25. The standard InChI is InChI=1S/C19H17N4O4S/c1-12(17(25)21-15-10-8-14(9-11-15)20-13(2)24)28-18-19(26)27-22-23(18)16-6-4-3-5-7-16/h3-12,26H,1-2H3/q-1/p+1. The van der Waals surface area contributed by atoms with Crippen molar-refractivity contribution >= 4 is 35.0 Å². The summed E-state index contributed by atoms with van der Waals surface area (Å²) in [6.07, 6.45) is 0. The highest BCUT2D eigenvalue weighted by atomic mass is 32.2. The minimum Gasteiger partial charge on any atom is -0.538 e. The zero-order valence-electron chi connectivity index (χ0n) is 15.2. The molecule has 0 radical (unpaired) electrons. The first-order chi connectivity index (χ1) is 13.4. The van der Waals surface area contributed by atoms with E-state index in [4.69, 9.17) is 4.52 Å². The minimum atomic E-state index is -0.604. The van der Waals surface area contributed by atoms with E-state index in [0.717, 1.165) is 11.8 Å². The van der Waals surface area contributed by atoms with Crippen LogP contribution in [0, 0.1) is 0 Å². The van der Waals surface area contributed by atoms with Gasteiger partial charge in [-0.1, -0.05) is 18.2 Å². The summed E-state index contributed by atoms with van der Waals surface area (Å²) in [7, 11) is 0. The number of carbonyl (C=O) groups excluding carboxylic acids is 2. The number of rotatable bonds is 6. The van der Waals surface area contributed by atoms with Crippen molar-refractivity contribution in [2.75, 3.05) is 10.6 Å². The van der Waals surface area contributed by atoms with Crippen LogP contribution in [0.15, 0.2) is 64.1 Å². The summed E-state index contributed by atoms with van der Waals surface area (Å²) in [4.78, 5) is 23.5. The molecule has 0 spiro atoms. The molecule has 28 heavy (non-hydrogen) atoms. The van der Waals surface area contributed by atoms with Gasteiger partial charge in [-0.2, -0.15) is 0 Å². The molecule has 2 aromatic carbocycles. The smallest absolute Gasteiger partial charge is 0.298 e. The highest BCUT2D eigenvalue weighted by molar-refractivity contribution is 8.00. The van der Waals surface area contributed by atoms with E-state index >= 15 is 0 Å². The van der Waals surface area contributed by atoms with Crippen molar-refractivity contribution in [3.8, 4) is 11.6 Å². The predicted molar refractivity (Wildman–Crippen MR) is 102 cm³/mol. The van der Waals surface area contributed by atoms with Crippen LogP contribution in [0.25, 0.3) is 5.69 Å². The van der Waals surface area contributed by atoms with E-state index in [1.165, 1.54) is 11.6 Å². The second kappa shape index (κ2) is 8.57. The Labute approximate surface area is 165 Å². The third-order valence-electron chi connectivity index (χ3n) is 3.70. The number of amides is 2. The van der Waals surface area contributed by atoms with E-state index in [1.807, 2.05) is 18.2 Å². The quantitative estimate of drug-likeness (QED) is 0.486. The Morgan fingerprint density at radius 1 is 1.07 bits per heavy atom. The topological polar surface area (TPSA) is 111 Å². The van der Waals surface area contributed by atoms with Crippen LogP contribution in [0.1, 0.15) is 13.8 Å². The average molecular weight is 398 g/mol. The predicted octanol–water partition coefficient (Wildman–Crippen LogP) is 2.10. The number of anilines is 2. The maximum atomic E-state index is 12.5. The number of nitrogens with one attached hydrogen (secondary N) is 2. The van der Waals surface area contributed by atoms with Gasteiger partial charge in [-0.15, -0.1) is 0 Å². The number of para-hydroxylation sites is 1. The molecule has 0 bridgehead atoms. The van der Waals surface area contributed by atoms with Gasteiger partial charge >= 0.3 is 0 Å². The fraction of sp³-hybridized carbons (Fsp3) is 0.158. The molecule has 0 aliphatic carbocycles. The Morgan fingerprint density at radius 3 is 2.29 bits per heavy atom. The summed E-state index contributed by atoms with van der Waals surface area (Å²) in [5, 5.41) is 20.9. The molecule has 1 atom stereocenters. The van der Waals surface area contributed by atoms with Gasteiger partial charge in [0.1, 0.15) is 0 Å². The van der Waals surface area contributed by atoms with E-state index in [-0.39, 0.29) is 16.8 Å². The fourth-order valence-corrected chi connectivity index (χ4v) is 3.25. The molecule has 144 valence electrons. The molecule has 3 rings (SSSR count). The monoisotopic (exact) mass is 398 g/mol. The molecule has 0 aliphatic rings. The third kappa shape index (κ3) is 4.68. The highest BCUT2D eigenvalue weighted by Crippen LogP contribution is 2.28. The molecule has 0 aliphatic heterocycles. The van der Waals surface area contributed by atoms with Crippen LogP contribution in [-0.2, 0) is 9.59 Å². The summed E-state index contributed by atoms with van der Waals surface area (Å²) >= 11 is 1.06. The zero-order chi connectivity index (χ0) is 20.1. The summed E-state index contributed by atoms with van der Waals surface area (Å²) in [6.45, 7) is 3.11. The van der Waals surface area contributed by atoms with Crippen molar-refractivity contribution in [1.29, 1.82) is 0 Å². The largest absolute Gasteiger partial charge is 0.538 e. The summed E-state index contributed by atoms with van der Waals surface area (Å²) < 4.78 is 6.14. The Bertz CT molecular complexity index is 973. The Hall–Kier alpha value is -3.33. The highest BCUT2D eigenvalue weighted by Gasteiger charge is 2.26. The zero-order valence-corrected chi connectivity index (χ0v) is 16.0. The van der Waals surface area contributed by atoms with Crippen LogP contribution in [0.4, 0.5) is 11.4 Å². The van der Waals surface area contributed by atoms with E-state index < -0.39 is 11.2 Å². The lowest BCUT2D eigenvalue weighted by Crippen LogP contribution is -2.36. The SMILES string of the molecule is CC(=O)Nc1ccc(NC(=O)C(C)Sc2c([O-])on[n+]2-c2ccccc2)cc1. The molecule has 3 aromatic rings. The second-order valence-electron chi connectivity index (χ2n) is 5.92. The van der Waals surface area contributed by atoms with Crippen molar-refractivity contribution in [2.45, 2.75) is 24.1 Å². The molecule has 0 saturated heterocycles. The molecule has 0 fully saturated rings. The molecule has 1 heterocycles. The van der Waals surface area contributed by atoms with Gasteiger partial charge in [-0.25, -0.2) is 0 Å². The summed E-state index contributed by atoms with van der Waals surface area (Å²) in [5.74, 6) is -1.05. The van der Waals surface area contributed by atoms with Gasteiger partial charge in [0.15, 0.2) is 5.95 Å². The Kier molecular flexibility index (Phi) is 5.95. The summed E-state index contributed by atoms with van der Waals surface area (Å²) in [5.41, 5.74) is 1.88. The first-order valence-electron chi connectivity index (χ1n) is 8.43. The maximum absolute atomic E-state index is 12.5. The number of nitrogens with zero attached hydrogens (tertiary/aromatic N) is 2. The van der Waals surface area contributed by atoms with E-state index in [0.29, 0.717) is 17.1 Å². The number of hydrogen-bond acceptors (Lipinski definition) is 6. The van der Waals surface area contributed by atoms with Crippen molar-refractivity contribution in [1.82, 2.24) is 5.27 Å². The maximum Gasteiger partial charge on any atom is 0.298 e. The summed E-state index contributed by atoms with van der Waals surface area (Å²) in [6, 6.07) is 15.8. The van der Waals surface area contributed by atoms with Crippen molar-refractivity contribution in [2.24, 2.45) is 0 Å². The Morgan fingerprint density at radius 2 is 1.68 bits per heavy atom. The van der Waals surface area contributed by atoms with Gasteiger partial charge in [0, 0.05) is 30.4 Å². The lowest BCUT2D eigenvalue weighted by molar-refractivity contribution is -0.705. The van der Waals surface area contributed by atoms with E-state index in [1.54, 1.807) is 43.3 Å².